The van der Waals surface area contributed by atoms with Crippen LogP contribution in [-0.4, -0.2) is 51.4 Å². The Kier molecular flexibility index (Phi) is 7.23. The maximum atomic E-state index is 13.5. The van der Waals surface area contributed by atoms with E-state index in [0.717, 1.165) is 5.56 Å². The normalized spacial score (nSPS) is 15.5. The molecule has 0 aromatic heterocycles. The fourth-order valence-corrected chi connectivity index (χ4v) is 5.77. The zero-order valence-electron chi connectivity index (χ0n) is 18.9. The van der Waals surface area contributed by atoms with Crippen LogP contribution in [0.25, 0.3) is 0 Å². The van der Waals surface area contributed by atoms with Crippen molar-refractivity contribution in [1.82, 2.24) is 4.90 Å². The van der Waals surface area contributed by atoms with Gasteiger partial charge < -0.3 is 9.64 Å². The molecule has 0 aliphatic carbocycles. The zero-order valence-corrected chi connectivity index (χ0v) is 19.8. The number of carbonyl (C=O) groups is 2. The minimum atomic E-state index is -3.85. The molecular weight excluding hydrogens is 428 g/mol. The molecule has 1 heterocycles. The summed E-state index contributed by atoms with van der Waals surface area (Å²) in [7, 11) is -2.54. The molecule has 0 fully saturated rings. The molecule has 32 heavy (non-hydrogen) atoms. The summed E-state index contributed by atoms with van der Waals surface area (Å²) in [6.45, 7) is 6.49. The molecule has 2 aromatic carbocycles. The number of rotatable bonds is 8. The lowest BCUT2D eigenvalue weighted by molar-refractivity contribution is -0.140. The first-order valence-electron chi connectivity index (χ1n) is 10.7. The Balaban J connectivity index is 1.91. The second-order valence-electron chi connectivity index (χ2n) is 8.48. The molecule has 1 atom stereocenters. The molecule has 1 aliphatic rings. The Labute approximate surface area is 190 Å². The number of sulfonamides is 1. The van der Waals surface area contributed by atoms with Gasteiger partial charge in [0.25, 0.3) is 15.9 Å². The number of nitrogens with zero attached hydrogens (tertiary/aromatic N) is 2. The lowest BCUT2D eigenvalue weighted by Crippen LogP contribution is -2.37. The number of amides is 1. The van der Waals surface area contributed by atoms with Crippen molar-refractivity contribution in [1.29, 1.82) is 0 Å². The lowest BCUT2D eigenvalue weighted by atomic mass is 10.1. The number of methoxy groups -OCH3 is 1. The van der Waals surface area contributed by atoms with Crippen LogP contribution in [0.3, 0.4) is 0 Å². The van der Waals surface area contributed by atoms with E-state index in [2.05, 4.69) is 4.74 Å². The third kappa shape index (κ3) is 4.96. The minimum absolute atomic E-state index is 0.0735. The number of anilines is 1. The van der Waals surface area contributed by atoms with Crippen molar-refractivity contribution >= 4 is 27.6 Å². The number of benzene rings is 2. The van der Waals surface area contributed by atoms with Crippen LogP contribution < -0.4 is 4.31 Å². The van der Waals surface area contributed by atoms with Gasteiger partial charge >= 0.3 is 5.97 Å². The van der Waals surface area contributed by atoms with Crippen LogP contribution in [0.2, 0.25) is 0 Å². The molecule has 1 aliphatic heterocycles. The molecule has 0 spiro atoms. The Bertz CT molecular complexity index is 1100. The molecule has 0 radical (unpaired) electrons. The van der Waals surface area contributed by atoms with Gasteiger partial charge in [-0.25, -0.2) is 8.42 Å². The third-order valence-corrected chi connectivity index (χ3v) is 7.39. The van der Waals surface area contributed by atoms with E-state index in [1.165, 1.54) is 23.5 Å². The van der Waals surface area contributed by atoms with Gasteiger partial charge in [0.2, 0.25) is 0 Å². The Morgan fingerprint density at radius 3 is 2.56 bits per heavy atom. The lowest BCUT2D eigenvalue weighted by Gasteiger charge is -2.26. The number of fused-ring (bicyclic) bond motifs is 1. The van der Waals surface area contributed by atoms with Gasteiger partial charge in [-0.2, -0.15) is 0 Å². The van der Waals surface area contributed by atoms with Crippen molar-refractivity contribution in [3.8, 4) is 0 Å². The van der Waals surface area contributed by atoms with Crippen molar-refractivity contribution in [2.45, 2.75) is 44.6 Å². The zero-order chi connectivity index (χ0) is 23.5. The van der Waals surface area contributed by atoms with E-state index in [1.807, 2.05) is 45.0 Å². The van der Waals surface area contributed by atoms with Crippen molar-refractivity contribution in [2.75, 3.05) is 24.5 Å². The van der Waals surface area contributed by atoms with Crippen LogP contribution >= 0.6 is 0 Å². The smallest absolute Gasteiger partial charge is 0.307 e. The van der Waals surface area contributed by atoms with Crippen LogP contribution in [0.1, 0.15) is 43.1 Å². The van der Waals surface area contributed by atoms with Gasteiger partial charge in [-0.15, -0.1) is 0 Å². The van der Waals surface area contributed by atoms with Crippen molar-refractivity contribution in [2.24, 2.45) is 5.92 Å². The number of para-hydroxylation sites is 1. The first kappa shape index (κ1) is 23.8. The van der Waals surface area contributed by atoms with Crippen LogP contribution in [0.4, 0.5) is 5.69 Å². The van der Waals surface area contributed by atoms with Gasteiger partial charge in [0.1, 0.15) is 0 Å². The first-order valence-corrected chi connectivity index (χ1v) is 12.2. The Morgan fingerprint density at radius 2 is 1.88 bits per heavy atom. The van der Waals surface area contributed by atoms with Gasteiger partial charge in [0.05, 0.1) is 24.1 Å². The maximum absolute atomic E-state index is 13.5. The molecular formula is C24H30N2O5S. The Morgan fingerprint density at radius 1 is 1.16 bits per heavy atom. The number of hydrogen-bond acceptors (Lipinski definition) is 5. The molecule has 3 rings (SSSR count). The summed E-state index contributed by atoms with van der Waals surface area (Å²) >= 11 is 0. The predicted octanol–water partition coefficient (Wildman–Crippen LogP) is 3.49. The highest BCUT2D eigenvalue weighted by molar-refractivity contribution is 7.92. The molecule has 2 aromatic rings. The predicted molar refractivity (Wildman–Crippen MR) is 123 cm³/mol. The van der Waals surface area contributed by atoms with E-state index in [-0.39, 0.29) is 41.3 Å². The summed E-state index contributed by atoms with van der Waals surface area (Å²) in [6.07, 6.45) is 0.721. The van der Waals surface area contributed by atoms with E-state index < -0.39 is 16.0 Å². The second kappa shape index (κ2) is 9.73. The second-order valence-corrected chi connectivity index (χ2v) is 10.3. The molecule has 1 unspecified atom stereocenters. The van der Waals surface area contributed by atoms with E-state index in [0.29, 0.717) is 18.7 Å². The van der Waals surface area contributed by atoms with Crippen molar-refractivity contribution in [3.05, 3.63) is 59.7 Å². The quantitative estimate of drug-likeness (QED) is 0.566. The van der Waals surface area contributed by atoms with Crippen LogP contribution in [0, 0.1) is 5.92 Å². The summed E-state index contributed by atoms with van der Waals surface area (Å²) in [5.74, 6) is -0.524. The average Bonchev–Trinajstić information content (AvgIpc) is 3.12. The van der Waals surface area contributed by atoms with E-state index in [4.69, 9.17) is 0 Å². The van der Waals surface area contributed by atoms with Crippen LogP contribution in [-0.2, 0) is 26.0 Å². The SMILES string of the molecule is COC(=O)CCN(CC(C)C)C(=O)c1cccc(S(=O)(=O)N2c3ccccc3CC2C)c1. The van der Waals surface area contributed by atoms with Crippen LogP contribution in [0.5, 0.6) is 0 Å². The topological polar surface area (TPSA) is 84.0 Å². The molecule has 0 N–H and O–H groups in total. The summed E-state index contributed by atoms with van der Waals surface area (Å²) < 4.78 is 33.2. The molecule has 0 saturated carbocycles. The minimum Gasteiger partial charge on any atom is -0.469 e. The average molecular weight is 459 g/mol. The van der Waals surface area contributed by atoms with E-state index in [9.17, 15) is 18.0 Å². The number of esters is 1. The molecule has 1 amide bonds. The van der Waals surface area contributed by atoms with Crippen molar-refractivity contribution in [3.63, 3.8) is 0 Å². The molecule has 7 nitrogen and oxygen atoms in total. The van der Waals surface area contributed by atoms with Gasteiger partial charge in [-0.1, -0.05) is 38.1 Å². The molecule has 0 bridgehead atoms. The third-order valence-electron chi connectivity index (χ3n) is 5.47. The van der Waals surface area contributed by atoms with E-state index in [1.54, 1.807) is 17.0 Å². The van der Waals surface area contributed by atoms with Gasteiger partial charge in [-0.3, -0.25) is 13.9 Å². The highest BCUT2D eigenvalue weighted by Gasteiger charge is 2.36. The van der Waals surface area contributed by atoms with Gasteiger partial charge in [0.15, 0.2) is 0 Å². The number of hydrogen-bond donors (Lipinski definition) is 0. The molecule has 0 saturated heterocycles. The standard InChI is InChI=1S/C24H30N2O5S/c1-17(2)16-25(13-12-23(27)31-4)24(28)20-9-7-10-21(15-20)32(29,30)26-18(3)14-19-8-5-6-11-22(19)26/h5-11,15,17-18H,12-14,16H2,1-4H3. The highest BCUT2D eigenvalue weighted by Crippen LogP contribution is 2.36. The largest absolute Gasteiger partial charge is 0.469 e. The fourth-order valence-electron chi connectivity index (χ4n) is 4.03. The highest BCUT2D eigenvalue weighted by atomic mass is 32.2. The summed E-state index contributed by atoms with van der Waals surface area (Å²) in [6, 6.07) is 13.4. The summed E-state index contributed by atoms with van der Waals surface area (Å²) in [4.78, 5) is 26.4. The van der Waals surface area contributed by atoms with E-state index >= 15 is 0 Å². The fraction of sp³-hybridized carbons (Fsp3) is 0.417. The molecule has 172 valence electrons. The Hall–Kier alpha value is -2.87. The number of ether oxygens (including phenoxy) is 1. The summed E-state index contributed by atoms with van der Waals surface area (Å²) in [5, 5.41) is 0. The summed E-state index contributed by atoms with van der Waals surface area (Å²) in [5.41, 5.74) is 1.94. The van der Waals surface area contributed by atoms with Gasteiger partial charge in [-0.05, 0) is 49.1 Å². The first-order chi connectivity index (χ1) is 15.1. The molecule has 8 heteroatoms. The van der Waals surface area contributed by atoms with Crippen LogP contribution in [0.15, 0.2) is 53.4 Å². The number of carbonyl (C=O) groups excluding carboxylic acids is 2. The van der Waals surface area contributed by atoms with Gasteiger partial charge in [0, 0.05) is 24.7 Å². The van der Waals surface area contributed by atoms with Crippen molar-refractivity contribution < 1.29 is 22.7 Å². The monoisotopic (exact) mass is 458 g/mol. The maximum Gasteiger partial charge on any atom is 0.307 e.